The van der Waals surface area contributed by atoms with Crippen LogP contribution in [-0.4, -0.2) is 17.9 Å². The second-order valence-electron chi connectivity index (χ2n) is 3.97. The van der Waals surface area contributed by atoms with E-state index < -0.39 is 0 Å². The van der Waals surface area contributed by atoms with Crippen LogP contribution in [0.1, 0.15) is 15.9 Å². The Kier molecular flexibility index (Phi) is 3.57. The van der Waals surface area contributed by atoms with Crippen molar-refractivity contribution in [3.8, 4) is 0 Å². The third-order valence-electron chi connectivity index (χ3n) is 2.70. The van der Waals surface area contributed by atoms with Crippen molar-refractivity contribution in [1.82, 2.24) is 4.98 Å². The van der Waals surface area contributed by atoms with E-state index in [4.69, 9.17) is 0 Å². The van der Waals surface area contributed by atoms with Gasteiger partial charge in [-0.25, -0.2) is 0 Å². The monoisotopic (exact) mass is 241 g/mol. The van der Waals surface area contributed by atoms with Gasteiger partial charge in [0, 0.05) is 36.4 Å². The van der Waals surface area contributed by atoms with Crippen LogP contribution < -0.4 is 10.6 Å². The van der Waals surface area contributed by atoms with Crippen molar-refractivity contribution < 1.29 is 4.79 Å². The van der Waals surface area contributed by atoms with Gasteiger partial charge in [0.15, 0.2) is 0 Å². The van der Waals surface area contributed by atoms with E-state index in [1.54, 1.807) is 30.6 Å². The molecule has 2 aromatic rings. The molecule has 18 heavy (non-hydrogen) atoms. The van der Waals surface area contributed by atoms with Crippen molar-refractivity contribution in [1.29, 1.82) is 0 Å². The SMILES string of the molecule is CNc1ccc(C(=O)Nc2ccncc2)cc1C. The highest BCUT2D eigenvalue weighted by Crippen LogP contribution is 2.16. The second-order valence-corrected chi connectivity index (χ2v) is 3.97. The number of amides is 1. The van der Waals surface area contributed by atoms with Crippen molar-refractivity contribution in [2.24, 2.45) is 0 Å². The molecule has 0 spiro atoms. The fourth-order valence-corrected chi connectivity index (χ4v) is 1.72. The first kappa shape index (κ1) is 12.1. The lowest BCUT2D eigenvalue weighted by Crippen LogP contribution is -2.12. The van der Waals surface area contributed by atoms with Gasteiger partial charge in [-0.3, -0.25) is 9.78 Å². The topological polar surface area (TPSA) is 54.0 Å². The Balaban J connectivity index is 2.17. The maximum atomic E-state index is 12.0. The summed E-state index contributed by atoms with van der Waals surface area (Å²) in [7, 11) is 1.86. The summed E-state index contributed by atoms with van der Waals surface area (Å²) < 4.78 is 0. The van der Waals surface area contributed by atoms with E-state index >= 15 is 0 Å². The minimum Gasteiger partial charge on any atom is -0.388 e. The lowest BCUT2D eigenvalue weighted by molar-refractivity contribution is 0.102. The number of nitrogens with one attached hydrogen (secondary N) is 2. The van der Waals surface area contributed by atoms with Crippen molar-refractivity contribution in [3.05, 3.63) is 53.9 Å². The highest BCUT2D eigenvalue weighted by Gasteiger charge is 2.07. The quantitative estimate of drug-likeness (QED) is 0.868. The molecule has 0 bridgehead atoms. The van der Waals surface area contributed by atoms with E-state index in [2.05, 4.69) is 15.6 Å². The number of hydrogen-bond acceptors (Lipinski definition) is 3. The number of pyridine rings is 1. The van der Waals surface area contributed by atoms with Gasteiger partial charge in [-0.15, -0.1) is 0 Å². The Morgan fingerprint density at radius 2 is 1.89 bits per heavy atom. The number of carbonyl (C=O) groups is 1. The van der Waals surface area contributed by atoms with E-state index in [1.807, 2.05) is 26.1 Å². The molecule has 2 N–H and O–H groups in total. The van der Waals surface area contributed by atoms with Crippen LogP contribution >= 0.6 is 0 Å². The van der Waals surface area contributed by atoms with Gasteiger partial charge < -0.3 is 10.6 Å². The highest BCUT2D eigenvalue weighted by molar-refractivity contribution is 6.04. The molecular weight excluding hydrogens is 226 g/mol. The van der Waals surface area contributed by atoms with Gasteiger partial charge in [-0.1, -0.05) is 0 Å². The van der Waals surface area contributed by atoms with Gasteiger partial charge in [0.1, 0.15) is 0 Å². The average molecular weight is 241 g/mol. The Morgan fingerprint density at radius 3 is 2.50 bits per heavy atom. The molecule has 0 aliphatic heterocycles. The van der Waals surface area contributed by atoms with Crippen LogP contribution in [-0.2, 0) is 0 Å². The summed E-state index contributed by atoms with van der Waals surface area (Å²) in [6.07, 6.45) is 3.29. The number of nitrogens with zero attached hydrogens (tertiary/aromatic N) is 1. The van der Waals surface area contributed by atoms with E-state index in [9.17, 15) is 4.79 Å². The molecule has 92 valence electrons. The fraction of sp³-hybridized carbons (Fsp3) is 0.143. The molecule has 0 saturated carbocycles. The molecule has 0 atom stereocenters. The van der Waals surface area contributed by atoms with E-state index in [0.717, 1.165) is 16.9 Å². The number of carbonyl (C=O) groups excluding carboxylic acids is 1. The van der Waals surface area contributed by atoms with Gasteiger partial charge in [0.25, 0.3) is 5.91 Å². The van der Waals surface area contributed by atoms with Crippen molar-refractivity contribution in [2.45, 2.75) is 6.92 Å². The summed E-state index contributed by atoms with van der Waals surface area (Å²) >= 11 is 0. The molecular formula is C14H15N3O. The predicted octanol–water partition coefficient (Wildman–Crippen LogP) is 2.68. The number of aryl methyl sites for hydroxylation is 1. The standard InChI is InChI=1S/C14H15N3O/c1-10-9-11(3-4-13(10)15-2)14(18)17-12-5-7-16-8-6-12/h3-9,15H,1-2H3,(H,16,17,18). The molecule has 1 aromatic carbocycles. The molecule has 1 heterocycles. The molecule has 1 amide bonds. The zero-order chi connectivity index (χ0) is 13.0. The van der Waals surface area contributed by atoms with Gasteiger partial charge in [0.2, 0.25) is 0 Å². The minimum absolute atomic E-state index is 0.119. The van der Waals surface area contributed by atoms with Gasteiger partial charge in [-0.05, 0) is 42.8 Å². The Hall–Kier alpha value is -2.36. The van der Waals surface area contributed by atoms with Crippen LogP contribution in [0, 0.1) is 6.92 Å². The number of anilines is 2. The number of benzene rings is 1. The van der Waals surface area contributed by atoms with E-state index in [0.29, 0.717) is 5.56 Å². The van der Waals surface area contributed by atoms with Crippen LogP contribution in [0.5, 0.6) is 0 Å². The van der Waals surface area contributed by atoms with Crippen LogP contribution in [0.4, 0.5) is 11.4 Å². The molecule has 0 aliphatic rings. The molecule has 4 nitrogen and oxygen atoms in total. The zero-order valence-electron chi connectivity index (χ0n) is 10.4. The largest absolute Gasteiger partial charge is 0.388 e. The number of rotatable bonds is 3. The van der Waals surface area contributed by atoms with Gasteiger partial charge in [0.05, 0.1) is 0 Å². The third-order valence-corrected chi connectivity index (χ3v) is 2.70. The van der Waals surface area contributed by atoms with Gasteiger partial charge >= 0.3 is 0 Å². The highest BCUT2D eigenvalue weighted by atomic mass is 16.1. The maximum Gasteiger partial charge on any atom is 0.255 e. The molecule has 2 rings (SSSR count). The summed E-state index contributed by atoms with van der Waals surface area (Å²) in [5.74, 6) is -0.119. The average Bonchev–Trinajstić information content (AvgIpc) is 2.39. The first-order chi connectivity index (χ1) is 8.70. The van der Waals surface area contributed by atoms with Crippen LogP contribution in [0.15, 0.2) is 42.7 Å². The number of aromatic nitrogens is 1. The van der Waals surface area contributed by atoms with Crippen LogP contribution in [0.3, 0.4) is 0 Å². The smallest absolute Gasteiger partial charge is 0.255 e. The molecule has 0 saturated heterocycles. The maximum absolute atomic E-state index is 12.0. The van der Waals surface area contributed by atoms with Gasteiger partial charge in [-0.2, -0.15) is 0 Å². The summed E-state index contributed by atoms with van der Waals surface area (Å²) in [5, 5.41) is 5.89. The zero-order valence-corrected chi connectivity index (χ0v) is 10.4. The Morgan fingerprint density at radius 1 is 1.17 bits per heavy atom. The summed E-state index contributed by atoms with van der Waals surface area (Å²) in [5.41, 5.74) is 3.45. The van der Waals surface area contributed by atoms with Crippen molar-refractivity contribution in [3.63, 3.8) is 0 Å². The molecule has 0 unspecified atom stereocenters. The van der Waals surface area contributed by atoms with Crippen LogP contribution in [0.2, 0.25) is 0 Å². The summed E-state index contributed by atoms with van der Waals surface area (Å²) in [6.45, 7) is 1.97. The van der Waals surface area contributed by atoms with E-state index in [-0.39, 0.29) is 5.91 Å². The second kappa shape index (κ2) is 5.31. The molecule has 1 aromatic heterocycles. The molecule has 4 heteroatoms. The summed E-state index contributed by atoms with van der Waals surface area (Å²) in [6, 6.07) is 9.08. The Bertz CT molecular complexity index is 552. The van der Waals surface area contributed by atoms with Crippen LogP contribution in [0.25, 0.3) is 0 Å². The predicted molar refractivity (Wildman–Crippen MR) is 72.9 cm³/mol. The van der Waals surface area contributed by atoms with Crippen molar-refractivity contribution >= 4 is 17.3 Å². The Labute approximate surface area is 106 Å². The first-order valence-electron chi connectivity index (χ1n) is 5.70. The summed E-state index contributed by atoms with van der Waals surface area (Å²) in [4.78, 5) is 15.9. The first-order valence-corrected chi connectivity index (χ1v) is 5.70. The third kappa shape index (κ3) is 2.66. The molecule has 0 radical (unpaired) electrons. The number of hydrogen-bond donors (Lipinski definition) is 2. The minimum atomic E-state index is -0.119. The van der Waals surface area contributed by atoms with E-state index in [1.165, 1.54) is 0 Å². The molecule has 0 aliphatic carbocycles. The lowest BCUT2D eigenvalue weighted by atomic mass is 10.1. The normalized spacial score (nSPS) is 9.89. The fourth-order valence-electron chi connectivity index (χ4n) is 1.72. The lowest BCUT2D eigenvalue weighted by Gasteiger charge is -2.08. The molecule has 0 fully saturated rings. The van der Waals surface area contributed by atoms with Crippen molar-refractivity contribution in [2.75, 3.05) is 17.7 Å².